The van der Waals surface area contributed by atoms with E-state index in [-0.39, 0.29) is 29.5 Å². The molecule has 0 radical (unpaired) electrons. The second-order valence-corrected chi connectivity index (χ2v) is 14.2. The molecule has 0 spiro atoms. The van der Waals surface area contributed by atoms with Crippen LogP contribution in [0.2, 0.25) is 18.1 Å². The SMILES string of the molecule is CC/C(Br)=C/C=C/[C@H]1C[C@@H]2O[C@@H](CO[Si](C)(C)C(C)(C)C)C[C@@H]2O1. The summed E-state index contributed by atoms with van der Waals surface area (Å²) in [5.74, 6) is 0. The molecule has 2 rings (SSSR count). The molecule has 24 heavy (non-hydrogen) atoms. The second kappa shape index (κ2) is 8.17. The molecule has 2 fully saturated rings. The van der Waals surface area contributed by atoms with E-state index in [2.05, 4.69) is 74.9 Å². The van der Waals surface area contributed by atoms with Crippen molar-refractivity contribution in [2.24, 2.45) is 0 Å². The number of rotatable bonds is 6. The molecule has 2 aliphatic rings. The number of hydrogen-bond acceptors (Lipinski definition) is 3. The quantitative estimate of drug-likeness (QED) is 0.418. The highest BCUT2D eigenvalue weighted by molar-refractivity contribution is 9.11. The highest BCUT2D eigenvalue weighted by Crippen LogP contribution is 2.38. The fourth-order valence-electron chi connectivity index (χ4n) is 2.81. The van der Waals surface area contributed by atoms with Crippen LogP contribution in [-0.4, -0.2) is 39.3 Å². The molecule has 5 heteroatoms. The summed E-state index contributed by atoms with van der Waals surface area (Å²) in [6.07, 6.45) is 10.1. The van der Waals surface area contributed by atoms with E-state index in [1.807, 2.05) is 0 Å². The molecule has 0 bridgehead atoms. The number of ether oxygens (including phenoxy) is 2. The molecule has 2 aliphatic heterocycles. The summed E-state index contributed by atoms with van der Waals surface area (Å²) < 4.78 is 19.8. The topological polar surface area (TPSA) is 27.7 Å². The van der Waals surface area contributed by atoms with Crippen molar-refractivity contribution < 1.29 is 13.9 Å². The van der Waals surface area contributed by atoms with Gasteiger partial charge in [0.25, 0.3) is 0 Å². The molecular weight excluding hydrogens is 384 g/mol. The van der Waals surface area contributed by atoms with Gasteiger partial charge in [0.2, 0.25) is 0 Å². The van der Waals surface area contributed by atoms with Crippen LogP contribution in [0.3, 0.4) is 0 Å². The fourth-order valence-corrected chi connectivity index (χ4v) is 4.00. The van der Waals surface area contributed by atoms with Crippen molar-refractivity contribution in [2.45, 2.75) is 89.5 Å². The Bertz CT molecular complexity index is 467. The monoisotopic (exact) mass is 416 g/mol. The van der Waals surface area contributed by atoms with Crippen molar-refractivity contribution in [3.05, 3.63) is 22.7 Å². The molecule has 0 saturated carbocycles. The average molecular weight is 417 g/mol. The minimum atomic E-state index is -1.70. The first kappa shape index (κ1) is 20.4. The summed E-state index contributed by atoms with van der Waals surface area (Å²) in [5.41, 5.74) is 0. The van der Waals surface area contributed by atoms with E-state index in [9.17, 15) is 0 Å². The lowest BCUT2D eigenvalue weighted by molar-refractivity contribution is 0.0133. The second-order valence-electron chi connectivity index (χ2n) is 8.40. The molecule has 0 aliphatic carbocycles. The third kappa shape index (κ3) is 5.28. The van der Waals surface area contributed by atoms with E-state index in [0.29, 0.717) is 6.61 Å². The van der Waals surface area contributed by atoms with E-state index in [1.54, 1.807) is 0 Å². The molecule has 3 nitrogen and oxygen atoms in total. The minimum Gasteiger partial charge on any atom is -0.414 e. The average Bonchev–Trinajstić information content (AvgIpc) is 3.01. The van der Waals surface area contributed by atoms with Gasteiger partial charge in [-0.15, -0.1) is 0 Å². The fraction of sp³-hybridized carbons (Fsp3) is 0.789. The molecular formula is C19H33BrO3Si. The van der Waals surface area contributed by atoms with Crippen LogP contribution in [0.4, 0.5) is 0 Å². The van der Waals surface area contributed by atoms with Gasteiger partial charge in [-0.1, -0.05) is 61.9 Å². The Hall–Kier alpha value is 0.0569. The van der Waals surface area contributed by atoms with Crippen LogP contribution in [0.1, 0.15) is 47.0 Å². The Kier molecular flexibility index (Phi) is 6.93. The maximum atomic E-state index is 6.30. The minimum absolute atomic E-state index is 0.177. The Morgan fingerprint density at radius 1 is 1.21 bits per heavy atom. The number of fused-ring (bicyclic) bond motifs is 1. The first-order valence-electron chi connectivity index (χ1n) is 9.10. The largest absolute Gasteiger partial charge is 0.414 e. The lowest BCUT2D eigenvalue weighted by atomic mass is 10.1. The van der Waals surface area contributed by atoms with Gasteiger partial charge in [-0.3, -0.25) is 0 Å². The molecule has 0 aromatic carbocycles. The third-order valence-corrected chi connectivity index (χ3v) is 10.8. The van der Waals surface area contributed by atoms with Crippen LogP contribution in [-0.2, 0) is 13.9 Å². The van der Waals surface area contributed by atoms with Crippen LogP contribution < -0.4 is 0 Å². The highest BCUT2D eigenvalue weighted by atomic mass is 79.9. The molecule has 2 heterocycles. The van der Waals surface area contributed by atoms with Gasteiger partial charge >= 0.3 is 0 Å². The number of halogens is 1. The van der Waals surface area contributed by atoms with Crippen molar-refractivity contribution in [3.8, 4) is 0 Å². The van der Waals surface area contributed by atoms with E-state index < -0.39 is 8.32 Å². The number of allylic oxidation sites excluding steroid dienone is 3. The van der Waals surface area contributed by atoms with Gasteiger partial charge in [0.05, 0.1) is 31.0 Å². The van der Waals surface area contributed by atoms with Crippen LogP contribution in [0, 0.1) is 0 Å². The summed E-state index contributed by atoms with van der Waals surface area (Å²) in [5, 5.41) is 0.244. The van der Waals surface area contributed by atoms with E-state index in [0.717, 1.165) is 19.3 Å². The third-order valence-electron chi connectivity index (χ3n) is 5.47. The van der Waals surface area contributed by atoms with Crippen LogP contribution in [0.15, 0.2) is 22.7 Å². The normalized spacial score (nSPS) is 31.9. The van der Waals surface area contributed by atoms with Crippen molar-refractivity contribution >= 4 is 24.2 Å². The molecule has 0 amide bonds. The van der Waals surface area contributed by atoms with E-state index in [1.165, 1.54) is 4.48 Å². The van der Waals surface area contributed by atoms with Gasteiger partial charge in [-0.25, -0.2) is 0 Å². The zero-order valence-corrected chi connectivity index (χ0v) is 18.6. The molecule has 0 aromatic rings. The van der Waals surface area contributed by atoms with Gasteiger partial charge in [-0.2, -0.15) is 0 Å². The van der Waals surface area contributed by atoms with Crippen molar-refractivity contribution in [1.29, 1.82) is 0 Å². The number of hydrogen-bond donors (Lipinski definition) is 0. The van der Waals surface area contributed by atoms with Crippen molar-refractivity contribution in [3.63, 3.8) is 0 Å². The zero-order valence-electron chi connectivity index (χ0n) is 16.0. The molecule has 0 unspecified atom stereocenters. The molecule has 2 saturated heterocycles. The summed E-state index contributed by atoms with van der Waals surface area (Å²) in [6, 6.07) is 0. The lowest BCUT2D eigenvalue weighted by Crippen LogP contribution is -2.42. The molecule has 0 aromatic heterocycles. The Morgan fingerprint density at radius 2 is 1.88 bits per heavy atom. The maximum Gasteiger partial charge on any atom is 0.192 e. The Balaban J connectivity index is 1.77. The van der Waals surface area contributed by atoms with Crippen LogP contribution in [0.5, 0.6) is 0 Å². The highest BCUT2D eigenvalue weighted by Gasteiger charge is 2.44. The van der Waals surface area contributed by atoms with Gasteiger partial charge in [0.1, 0.15) is 0 Å². The summed E-state index contributed by atoms with van der Waals surface area (Å²) in [6.45, 7) is 14.2. The summed E-state index contributed by atoms with van der Waals surface area (Å²) in [4.78, 5) is 0. The first-order valence-corrected chi connectivity index (χ1v) is 12.8. The predicted octanol–water partition coefficient (Wildman–Crippen LogP) is 5.57. The lowest BCUT2D eigenvalue weighted by Gasteiger charge is -2.36. The molecule has 4 atom stereocenters. The molecule has 138 valence electrons. The maximum absolute atomic E-state index is 6.30. The van der Waals surface area contributed by atoms with Gasteiger partial charge < -0.3 is 13.9 Å². The Morgan fingerprint density at radius 3 is 2.46 bits per heavy atom. The zero-order chi connectivity index (χ0) is 18.0. The Labute approximate surface area is 157 Å². The van der Waals surface area contributed by atoms with E-state index in [4.69, 9.17) is 13.9 Å². The van der Waals surface area contributed by atoms with Crippen LogP contribution in [0.25, 0.3) is 0 Å². The predicted molar refractivity (Wildman–Crippen MR) is 106 cm³/mol. The summed E-state index contributed by atoms with van der Waals surface area (Å²) >= 11 is 3.52. The van der Waals surface area contributed by atoms with Gasteiger partial charge in [-0.05, 0) is 29.0 Å². The smallest absolute Gasteiger partial charge is 0.192 e. The van der Waals surface area contributed by atoms with Gasteiger partial charge in [0, 0.05) is 12.8 Å². The van der Waals surface area contributed by atoms with Crippen LogP contribution >= 0.6 is 15.9 Å². The van der Waals surface area contributed by atoms with Crippen molar-refractivity contribution in [1.82, 2.24) is 0 Å². The summed E-state index contributed by atoms with van der Waals surface area (Å²) in [7, 11) is -1.70. The molecule has 0 N–H and O–H groups in total. The van der Waals surface area contributed by atoms with Gasteiger partial charge in [0.15, 0.2) is 8.32 Å². The standard InChI is InChI=1S/C19H33BrO3Si/c1-7-14(20)9-8-10-15-11-17-18(22-15)12-16(23-17)13-21-24(5,6)19(2,3)4/h8-10,15-18H,7,11-13H2,1-6H3/b10-8+,14-9-/t15-,16+,17-,18-/m0/s1. The van der Waals surface area contributed by atoms with Crippen molar-refractivity contribution in [2.75, 3.05) is 6.61 Å². The first-order chi connectivity index (χ1) is 11.1. The van der Waals surface area contributed by atoms with E-state index >= 15 is 0 Å².